The first-order valence-corrected chi connectivity index (χ1v) is 8.61. The number of halogens is 3. The van der Waals surface area contributed by atoms with Gasteiger partial charge < -0.3 is 10.2 Å². The second kappa shape index (κ2) is 8.09. The Balaban J connectivity index is 2.23. The average molecular weight is 400 g/mol. The molecule has 2 aromatic rings. The molecule has 0 saturated carbocycles. The molecule has 0 aliphatic rings. The molecule has 0 bridgehead atoms. The zero-order valence-corrected chi connectivity index (χ0v) is 16.3. The van der Waals surface area contributed by atoms with Crippen LogP contribution < -0.4 is 10.2 Å². The van der Waals surface area contributed by atoms with Crippen LogP contribution in [0.4, 0.5) is 11.4 Å². The van der Waals surface area contributed by atoms with E-state index in [1.54, 1.807) is 24.3 Å². The Hall–Kier alpha value is -1.75. The topological polar surface area (TPSA) is 49.4 Å². The maximum absolute atomic E-state index is 12.4. The van der Waals surface area contributed by atoms with Gasteiger partial charge in [0.05, 0.1) is 10.7 Å². The van der Waals surface area contributed by atoms with Gasteiger partial charge in [-0.15, -0.1) is 0 Å². The highest BCUT2D eigenvalue weighted by Crippen LogP contribution is 2.28. The fourth-order valence-corrected chi connectivity index (χ4v) is 3.36. The van der Waals surface area contributed by atoms with Crippen LogP contribution in [0.2, 0.25) is 15.1 Å². The number of nitrogens with one attached hydrogen (secondary N) is 1. The maximum atomic E-state index is 12.4. The lowest BCUT2D eigenvalue weighted by molar-refractivity contribution is -0.120. The number of carbonyl (C=O) groups excluding carboxylic acids is 2. The number of anilines is 2. The lowest BCUT2D eigenvalue weighted by Crippen LogP contribution is -2.36. The molecule has 4 nitrogen and oxygen atoms in total. The average Bonchev–Trinajstić information content (AvgIpc) is 2.47. The number of rotatable bonds is 4. The highest BCUT2D eigenvalue weighted by atomic mass is 35.5. The minimum absolute atomic E-state index is 0.185. The van der Waals surface area contributed by atoms with E-state index in [2.05, 4.69) is 5.32 Å². The van der Waals surface area contributed by atoms with E-state index in [1.165, 1.54) is 11.8 Å². The van der Waals surface area contributed by atoms with Gasteiger partial charge in [-0.25, -0.2) is 0 Å². The predicted molar refractivity (Wildman–Crippen MR) is 104 cm³/mol. The molecule has 0 heterocycles. The SMILES string of the molecule is CC(=O)N(CC(=O)Nc1c(C)cc(C)cc1Cl)c1cc(Cl)cc(Cl)c1. The number of aryl methyl sites for hydroxylation is 2. The van der Waals surface area contributed by atoms with E-state index in [9.17, 15) is 9.59 Å². The molecule has 132 valence electrons. The fourth-order valence-electron chi connectivity index (χ4n) is 2.48. The molecule has 0 spiro atoms. The molecule has 0 atom stereocenters. The number of hydrogen-bond acceptors (Lipinski definition) is 2. The van der Waals surface area contributed by atoms with Crippen LogP contribution in [-0.2, 0) is 9.59 Å². The highest BCUT2D eigenvalue weighted by Gasteiger charge is 2.18. The van der Waals surface area contributed by atoms with Gasteiger partial charge in [0.1, 0.15) is 6.54 Å². The van der Waals surface area contributed by atoms with E-state index in [4.69, 9.17) is 34.8 Å². The van der Waals surface area contributed by atoms with Crippen LogP contribution in [-0.4, -0.2) is 18.4 Å². The smallest absolute Gasteiger partial charge is 0.244 e. The summed E-state index contributed by atoms with van der Waals surface area (Å²) in [5.74, 6) is -0.680. The Morgan fingerprint density at radius 2 is 1.60 bits per heavy atom. The molecule has 7 heteroatoms. The summed E-state index contributed by atoms with van der Waals surface area (Å²) in [4.78, 5) is 25.7. The Morgan fingerprint density at radius 1 is 1.00 bits per heavy atom. The van der Waals surface area contributed by atoms with Gasteiger partial charge >= 0.3 is 0 Å². The number of amides is 2. The van der Waals surface area contributed by atoms with Gasteiger partial charge in [-0.2, -0.15) is 0 Å². The molecule has 0 unspecified atom stereocenters. The fraction of sp³-hybridized carbons (Fsp3) is 0.222. The van der Waals surface area contributed by atoms with Crippen molar-refractivity contribution in [2.24, 2.45) is 0 Å². The molecule has 2 amide bonds. The van der Waals surface area contributed by atoms with Gasteiger partial charge in [-0.3, -0.25) is 9.59 Å². The third-order valence-electron chi connectivity index (χ3n) is 3.54. The van der Waals surface area contributed by atoms with Crippen molar-refractivity contribution in [1.29, 1.82) is 0 Å². The summed E-state index contributed by atoms with van der Waals surface area (Å²) in [5.41, 5.74) is 2.83. The van der Waals surface area contributed by atoms with E-state index >= 15 is 0 Å². The molecule has 0 saturated heterocycles. The van der Waals surface area contributed by atoms with Crippen molar-refractivity contribution in [3.8, 4) is 0 Å². The van der Waals surface area contributed by atoms with Crippen molar-refractivity contribution in [3.63, 3.8) is 0 Å². The first-order valence-electron chi connectivity index (χ1n) is 7.48. The minimum atomic E-state index is -0.375. The lowest BCUT2D eigenvalue weighted by Gasteiger charge is -2.22. The normalized spacial score (nSPS) is 10.5. The molecule has 25 heavy (non-hydrogen) atoms. The maximum Gasteiger partial charge on any atom is 0.244 e. The van der Waals surface area contributed by atoms with Crippen LogP contribution in [0.15, 0.2) is 30.3 Å². The van der Waals surface area contributed by atoms with Crippen molar-refractivity contribution < 1.29 is 9.59 Å². The van der Waals surface area contributed by atoms with Crippen molar-refractivity contribution in [1.82, 2.24) is 0 Å². The summed E-state index contributed by atoms with van der Waals surface area (Å²) in [5, 5.41) is 3.97. The molecule has 2 rings (SSSR count). The second-order valence-corrected chi connectivity index (χ2v) is 7.00. The third kappa shape index (κ3) is 5.11. The van der Waals surface area contributed by atoms with Crippen LogP contribution in [0.25, 0.3) is 0 Å². The molecule has 1 N–H and O–H groups in total. The van der Waals surface area contributed by atoms with E-state index in [0.717, 1.165) is 11.1 Å². The van der Waals surface area contributed by atoms with Crippen LogP contribution in [0.5, 0.6) is 0 Å². The Labute approximate surface area is 161 Å². The Kier molecular flexibility index (Phi) is 6.33. The van der Waals surface area contributed by atoms with E-state index in [1.807, 2.05) is 19.9 Å². The van der Waals surface area contributed by atoms with Crippen LogP contribution >= 0.6 is 34.8 Å². The van der Waals surface area contributed by atoms with E-state index < -0.39 is 0 Å². The van der Waals surface area contributed by atoms with Gasteiger partial charge in [0, 0.05) is 22.7 Å². The zero-order chi connectivity index (χ0) is 18.7. The molecule has 0 aliphatic carbocycles. The molecule has 0 aromatic heterocycles. The second-order valence-electron chi connectivity index (χ2n) is 5.72. The quantitative estimate of drug-likeness (QED) is 0.763. The third-order valence-corrected chi connectivity index (χ3v) is 4.27. The predicted octanol–water partition coefficient (Wildman–Crippen LogP) is 5.26. The van der Waals surface area contributed by atoms with Crippen molar-refractivity contribution in [2.45, 2.75) is 20.8 Å². The highest BCUT2D eigenvalue weighted by molar-refractivity contribution is 6.35. The Bertz CT molecular complexity index is 794. The monoisotopic (exact) mass is 398 g/mol. The summed E-state index contributed by atoms with van der Waals surface area (Å²) < 4.78 is 0. The van der Waals surface area contributed by atoms with Crippen LogP contribution in [0.3, 0.4) is 0 Å². The molecular formula is C18H17Cl3N2O2. The van der Waals surface area contributed by atoms with Crippen molar-refractivity contribution >= 4 is 58.0 Å². The lowest BCUT2D eigenvalue weighted by atomic mass is 10.1. The molecular weight excluding hydrogens is 383 g/mol. The standard InChI is InChI=1S/C18H17Cl3N2O2/c1-10-4-11(2)18(16(21)5-10)22-17(25)9-23(12(3)24)15-7-13(19)6-14(20)8-15/h4-8H,9H2,1-3H3,(H,22,25). The van der Waals surface area contributed by atoms with Gasteiger partial charge in [0.15, 0.2) is 0 Å². The van der Waals surface area contributed by atoms with E-state index in [-0.39, 0.29) is 18.4 Å². The molecule has 0 fully saturated rings. The first kappa shape index (κ1) is 19.6. The molecule has 0 aliphatic heterocycles. The largest absolute Gasteiger partial charge is 0.323 e. The van der Waals surface area contributed by atoms with Crippen LogP contribution in [0, 0.1) is 13.8 Å². The number of hydrogen-bond donors (Lipinski definition) is 1. The first-order chi connectivity index (χ1) is 11.7. The number of nitrogens with zero attached hydrogens (tertiary/aromatic N) is 1. The van der Waals surface area contributed by atoms with Crippen LogP contribution in [0.1, 0.15) is 18.1 Å². The molecule has 2 aromatic carbocycles. The van der Waals surface area contributed by atoms with E-state index in [0.29, 0.717) is 26.4 Å². The Morgan fingerprint density at radius 3 is 2.12 bits per heavy atom. The summed E-state index contributed by atoms with van der Waals surface area (Å²) in [6, 6.07) is 8.39. The van der Waals surface area contributed by atoms with Gasteiger partial charge in [0.2, 0.25) is 11.8 Å². The van der Waals surface area contributed by atoms with Crippen molar-refractivity contribution in [3.05, 3.63) is 56.5 Å². The minimum Gasteiger partial charge on any atom is -0.323 e. The summed E-state index contributed by atoms with van der Waals surface area (Å²) in [7, 11) is 0. The number of carbonyl (C=O) groups is 2. The number of benzene rings is 2. The zero-order valence-electron chi connectivity index (χ0n) is 14.0. The summed E-state index contributed by atoms with van der Waals surface area (Å²) >= 11 is 18.2. The van der Waals surface area contributed by atoms with Crippen molar-refractivity contribution in [2.75, 3.05) is 16.8 Å². The summed E-state index contributed by atoms with van der Waals surface area (Å²) in [6.07, 6.45) is 0. The van der Waals surface area contributed by atoms with Gasteiger partial charge in [0.25, 0.3) is 0 Å². The molecule has 0 radical (unpaired) electrons. The van der Waals surface area contributed by atoms with Gasteiger partial charge in [-0.1, -0.05) is 40.9 Å². The summed E-state index contributed by atoms with van der Waals surface area (Å²) in [6.45, 7) is 4.96. The van der Waals surface area contributed by atoms with Gasteiger partial charge in [-0.05, 0) is 49.2 Å².